The van der Waals surface area contributed by atoms with Gasteiger partial charge in [-0.05, 0) is 93.6 Å². The van der Waals surface area contributed by atoms with E-state index in [2.05, 4.69) is 26.3 Å². The van der Waals surface area contributed by atoms with Crippen LogP contribution in [-0.2, 0) is 24.0 Å². The molecule has 15 heteroatoms. The smallest absolute Gasteiger partial charge is 0.290 e. The monoisotopic (exact) mass is 812 g/mol. The van der Waals surface area contributed by atoms with Crippen LogP contribution in [0.2, 0.25) is 0 Å². The van der Waals surface area contributed by atoms with Gasteiger partial charge in [0.15, 0.2) is 5.78 Å². The largest absolute Gasteiger partial charge is 0.354 e. The number of ketones is 2. The van der Waals surface area contributed by atoms with Gasteiger partial charge in [0.2, 0.25) is 23.5 Å². The summed E-state index contributed by atoms with van der Waals surface area (Å²) in [4.78, 5) is 102. The van der Waals surface area contributed by atoms with Gasteiger partial charge in [-0.25, -0.2) is 0 Å². The van der Waals surface area contributed by atoms with Gasteiger partial charge >= 0.3 is 0 Å². The fraction of sp³-hybridized carbons (Fsp3) is 0.732. The predicted molar refractivity (Wildman–Crippen MR) is 217 cm³/mol. The number of Topliss-reactive ketones (excluding diaryl/α,β-unsaturated/α-hetero) is 2. The average molecular weight is 813 g/mol. The molecule has 5 fully saturated rings. The summed E-state index contributed by atoms with van der Waals surface area (Å²) in [5.41, 5.74) is -0.319. The number of aromatic amines is 1. The Morgan fingerprint density at radius 2 is 1.57 bits per heavy atom. The van der Waals surface area contributed by atoms with Crippen molar-refractivity contribution >= 4 is 64.6 Å². The highest BCUT2D eigenvalue weighted by Crippen LogP contribution is 2.52. The normalized spacial score (nSPS) is 25.9. The van der Waals surface area contributed by atoms with Crippen molar-refractivity contribution in [2.75, 3.05) is 18.1 Å². The van der Waals surface area contributed by atoms with Crippen LogP contribution >= 0.6 is 23.5 Å². The quantitative estimate of drug-likeness (QED) is 0.143. The van der Waals surface area contributed by atoms with Crippen molar-refractivity contribution in [1.29, 1.82) is 0 Å². The Morgan fingerprint density at radius 1 is 0.911 bits per heavy atom. The highest BCUT2D eigenvalue weighted by Gasteiger charge is 2.63. The second-order valence-electron chi connectivity index (χ2n) is 17.8. The Bertz CT molecular complexity index is 1760. The summed E-state index contributed by atoms with van der Waals surface area (Å²) >= 11 is 3.49. The molecule has 5 amide bonds. The van der Waals surface area contributed by atoms with E-state index in [1.54, 1.807) is 42.3 Å². The van der Waals surface area contributed by atoms with Gasteiger partial charge in [-0.3, -0.25) is 33.6 Å². The number of aromatic nitrogens is 1. The molecule has 13 nitrogen and oxygen atoms in total. The highest BCUT2D eigenvalue weighted by molar-refractivity contribution is 8.18. The van der Waals surface area contributed by atoms with E-state index < -0.39 is 68.5 Å². The lowest BCUT2D eigenvalue weighted by Gasteiger charge is -2.38. The number of carbonyl (C=O) groups is 7. The summed E-state index contributed by atoms with van der Waals surface area (Å²) in [6.07, 6.45) is 8.29. The molecule has 308 valence electrons. The molecule has 2 aliphatic heterocycles. The zero-order valence-corrected chi connectivity index (χ0v) is 35.6. The molecular formula is C41H60N6O7S2. The predicted octanol–water partition coefficient (Wildman–Crippen LogP) is 4.34. The number of nitrogens with one attached hydrogen (secondary N) is 5. The molecule has 3 saturated carbocycles. The molecule has 5 N–H and O–H groups in total. The van der Waals surface area contributed by atoms with Gasteiger partial charge in [-0.15, -0.1) is 23.5 Å². The molecule has 5 atom stereocenters. The van der Waals surface area contributed by atoms with Gasteiger partial charge in [-0.2, -0.15) is 0 Å². The van der Waals surface area contributed by atoms with Crippen molar-refractivity contribution in [2.24, 2.45) is 17.3 Å². The van der Waals surface area contributed by atoms with Crippen molar-refractivity contribution < 1.29 is 33.6 Å². The molecule has 3 heterocycles. The molecule has 1 spiro atoms. The van der Waals surface area contributed by atoms with Crippen molar-refractivity contribution in [3.8, 4) is 0 Å². The molecule has 1 unspecified atom stereocenters. The summed E-state index contributed by atoms with van der Waals surface area (Å²) in [5, 5.41) is 11.8. The lowest BCUT2D eigenvalue weighted by Crippen LogP contribution is -2.62. The third-order valence-electron chi connectivity index (χ3n) is 12.5. The lowest BCUT2D eigenvalue weighted by atomic mass is 9.82. The number of hydrogen-bond acceptors (Lipinski definition) is 9. The molecule has 0 radical (unpaired) electrons. The van der Waals surface area contributed by atoms with Crippen LogP contribution in [0.4, 0.5) is 0 Å². The molecule has 1 aromatic heterocycles. The van der Waals surface area contributed by atoms with Gasteiger partial charge in [-0.1, -0.05) is 53.4 Å². The summed E-state index contributed by atoms with van der Waals surface area (Å²) in [6, 6.07) is -2.95. The number of carbonyl (C=O) groups excluding carboxylic acids is 7. The number of aryl methyl sites for hydroxylation is 1. The second-order valence-corrected chi connectivity index (χ2v) is 21.0. The van der Waals surface area contributed by atoms with Gasteiger partial charge in [0.25, 0.3) is 11.8 Å². The van der Waals surface area contributed by atoms with E-state index in [0.29, 0.717) is 36.1 Å². The van der Waals surface area contributed by atoms with Crippen LogP contribution in [0.3, 0.4) is 0 Å². The number of hydrogen-bond donors (Lipinski definition) is 5. The van der Waals surface area contributed by atoms with Crippen LogP contribution in [0.25, 0.3) is 0 Å². The molecule has 3 aliphatic carbocycles. The van der Waals surface area contributed by atoms with Gasteiger partial charge in [0.1, 0.15) is 29.4 Å². The fourth-order valence-electron chi connectivity index (χ4n) is 8.88. The SMILES string of the molecule is CC[C@@H]1CC1(NC(=O)[C@@H]1CC2(CN1C(=O)[C@@H](NC(=O)[C@@H](NC(=O)c1[nH]c(C)c(C)c1C(C)=O)C1CCCCC1)C(C)(C)C)SCCCS2)C(=O)C(=O)NC1CC1. The minimum absolute atomic E-state index is 0.00311. The van der Waals surface area contributed by atoms with E-state index in [1.165, 1.54) is 6.92 Å². The van der Waals surface area contributed by atoms with Crippen LogP contribution in [0.1, 0.15) is 137 Å². The van der Waals surface area contributed by atoms with E-state index >= 15 is 0 Å². The first-order valence-electron chi connectivity index (χ1n) is 20.5. The van der Waals surface area contributed by atoms with Crippen molar-refractivity contribution in [2.45, 2.75) is 153 Å². The number of nitrogens with zero attached hydrogens (tertiary/aromatic N) is 1. The minimum atomic E-state index is -1.30. The zero-order valence-electron chi connectivity index (χ0n) is 34.0. The third-order valence-corrected chi connectivity index (χ3v) is 15.9. The summed E-state index contributed by atoms with van der Waals surface area (Å²) in [5.74, 6) is -2.07. The molecular weight excluding hydrogens is 753 g/mol. The van der Waals surface area contributed by atoms with E-state index in [-0.39, 0.29) is 35.9 Å². The lowest BCUT2D eigenvalue weighted by molar-refractivity contribution is -0.145. The first kappa shape index (κ1) is 42.3. The van der Waals surface area contributed by atoms with Crippen molar-refractivity contribution in [3.63, 3.8) is 0 Å². The first-order chi connectivity index (χ1) is 26.4. The second kappa shape index (κ2) is 16.5. The molecule has 0 aromatic carbocycles. The molecule has 5 aliphatic rings. The third kappa shape index (κ3) is 8.73. The Labute approximate surface area is 338 Å². The van der Waals surface area contributed by atoms with E-state index in [9.17, 15) is 33.6 Å². The summed E-state index contributed by atoms with van der Waals surface area (Å²) in [6.45, 7) is 12.8. The number of rotatable bonds is 13. The van der Waals surface area contributed by atoms with E-state index in [1.807, 2.05) is 27.7 Å². The van der Waals surface area contributed by atoms with Gasteiger partial charge in [0.05, 0.1) is 9.64 Å². The van der Waals surface area contributed by atoms with Crippen LogP contribution in [0.5, 0.6) is 0 Å². The average Bonchev–Trinajstić information content (AvgIpc) is 4.06. The topological polar surface area (TPSA) is 187 Å². The Hall–Kier alpha value is -3.33. The summed E-state index contributed by atoms with van der Waals surface area (Å²) in [7, 11) is 0. The first-order valence-corrected chi connectivity index (χ1v) is 22.5. The number of thioether (sulfide) groups is 2. The highest BCUT2D eigenvalue weighted by atomic mass is 32.2. The van der Waals surface area contributed by atoms with Crippen LogP contribution in [0.15, 0.2) is 0 Å². The maximum Gasteiger partial charge on any atom is 0.290 e. The molecule has 6 rings (SSSR count). The van der Waals surface area contributed by atoms with E-state index in [4.69, 9.17) is 0 Å². The van der Waals surface area contributed by atoms with Gasteiger partial charge < -0.3 is 31.2 Å². The number of amides is 5. The molecule has 2 saturated heterocycles. The van der Waals surface area contributed by atoms with Crippen LogP contribution in [0, 0.1) is 31.1 Å². The summed E-state index contributed by atoms with van der Waals surface area (Å²) < 4.78 is -0.435. The number of H-pyrrole nitrogens is 1. The minimum Gasteiger partial charge on any atom is -0.354 e. The molecule has 0 bridgehead atoms. The zero-order chi connectivity index (χ0) is 40.7. The van der Waals surface area contributed by atoms with Crippen LogP contribution < -0.4 is 21.3 Å². The fourth-order valence-corrected chi connectivity index (χ4v) is 12.2. The standard InChI is InChI=1S/C41H60N6O7S2/c1-8-26-19-41(26,33(49)37(53)43-27-15-16-27)46-34(50)28-20-40(55-17-12-18-56-40)21-47(28)38(54)32(39(5,6)7)45-35(51)30(25-13-10-9-11-14-25)44-36(52)31-29(24(4)48)22(2)23(3)42-31/h25-28,30,32,42H,8-21H2,1-7H3,(H,43,53)(H,44,52)(H,45,51)(H,46,50)/t26-,28+,30+,32-,41?/m1/s1. The van der Waals surface area contributed by atoms with Crippen molar-refractivity contribution in [1.82, 2.24) is 31.2 Å². The Kier molecular flexibility index (Phi) is 12.5. The Balaban J connectivity index is 1.26. The van der Waals surface area contributed by atoms with Gasteiger partial charge in [0, 0.05) is 24.7 Å². The molecule has 56 heavy (non-hydrogen) atoms. The number of likely N-dealkylation sites (tertiary alicyclic amines) is 1. The maximum atomic E-state index is 15.0. The Morgan fingerprint density at radius 3 is 2.14 bits per heavy atom. The van der Waals surface area contributed by atoms with Crippen molar-refractivity contribution in [3.05, 3.63) is 22.5 Å². The molecule has 1 aromatic rings. The maximum absolute atomic E-state index is 15.0. The van der Waals surface area contributed by atoms with Crippen LogP contribution in [-0.4, -0.2) is 103 Å². The van der Waals surface area contributed by atoms with E-state index in [0.717, 1.165) is 62.9 Å².